The van der Waals surface area contributed by atoms with E-state index in [0.29, 0.717) is 12.4 Å². The zero-order valence-electron chi connectivity index (χ0n) is 10.0. The van der Waals surface area contributed by atoms with E-state index in [4.69, 9.17) is 4.74 Å². The Bertz CT molecular complexity index is 553. The Labute approximate surface area is 103 Å². The lowest BCUT2D eigenvalue weighted by Crippen LogP contribution is -2.04. The number of esters is 1. The molecule has 0 spiro atoms. The largest absolute Gasteiger partial charge is 0.481 e. The van der Waals surface area contributed by atoms with Gasteiger partial charge in [0.1, 0.15) is 0 Å². The first-order valence-corrected chi connectivity index (χ1v) is 5.21. The Balaban J connectivity index is 2.19. The Kier molecular flexibility index (Phi) is 3.52. The van der Waals surface area contributed by atoms with Crippen LogP contribution in [0.4, 0.5) is 0 Å². The number of carbonyl (C=O) groups is 1. The summed E-state index contributed by atoms with van der Waals surface area (Å²) in [5, 5.41) is 7.55. The van der Waals surface area contributed by atoms with Crippen molar-refractivity contribution in [2.45, 2.75) is 6.54 Å². The van der Waals surface area contributed by atoms with Crippen LogP contribution in [-0.4, -0.2) is 40.2 Å². The maximum atomic E-state index is 11.2. The fraction of sp³-hybridized carbons (Fsp3) is 0.273. The first-order chi connectivity index (χ1) is 8.74. The second kappa shape index (κ2) is 5.26. The molecule has 0 saturated carbocycles. The van der Waals surface area contributed by atoms with E-state index in [1.807, 2.05) is 6.07 Å². The first kappa shape index (κ1) is 12.0. The molecule has 0 aliphatic rings. The van der Waals surface area contributed by atoms with Gasteiger partial charge >= 0.3 is 5.97 Å². The maximum absolute atomic E-state index is 11.2. The van der Waals surface area contributed by atoms with Crippen molar-refractivity contribution in [3.05, 3.63) is 35.8 Å². The van der Waals surface area contributed by atoms with Gasteiger partial charge in [0.2, 0.25) is 5.88 Å². The van der Waals surface area contributed by atoms with Crippen molar-refractivity contribution in [1.82, 2.24) is 20.0 Å². The van der Waals surface area contributed by atoms with Gasteiger partial charge in [-0.2, -0.15) is 0 Å². The van der Waals surface area contributed by atoms with E-state index >= 15 is 0 Å². The third kappa shape index (κ3) is 2.45. The van der Waals surface area contributed by atoms with Crippen molar-refractivity contribution in [2.24, 2.45) is 0 Å². The van der Waals surface area contributed by atoms with Crippen molar-refractivity contribution in [2.75, 3.05) is 14.2 Å². The number of hydrogen-bond acceptors (Lipinski definition) is 6. The normalized spacial score (nSPS) is 10.1. The van der Waals surface area contributed by atoms with Crippen LogP contribution in [-0.2, 0) is 11.3 Å². The average molecular weight is 248 g/mol. The molecule has 7 heteroatoms. The number of ether oxygens (including phenoxy) is 2. The summed E-state index contributed by atoms with van der Waals surface area (Å²) >= 11 is 0. The van der Waals surface area contributed by atoms with Gasteiger partial charge in [0.15, 0.2) is 5.69 Å². The minimum Gasteiger partial charge on any atom is -0.481 e. The first-order valence-electron chi connectivity index (χ1n) is 5.21. The second-order valence-electron chi connectivity index (χ2n) is 3.46. The topological polar surface area (TPSA) is 79.1 Å². The summed E-state index contributed by atoms with van der Waals surface area (Å²) in [4.78, 5) is 15.3. The number of pyridine rings is 1. The maximum Gasteiger partial charge on any atom is 0.360 e. The number of rotatable bonds is 4. The fourth-order valence-electron chi connectivity index (χ4n) is 1.48. The van der Waals surface area contributed by atoms with Crippen LogP contribution in [0.5, 0.6) is 5.88 Å². The third-order valence-corrected chi connectivity index (χ3v) is 2.31. The van der Waals surface area contributed by atoms with E-state index in [1.54, 1.807) is 19.4 Å². The third-order valence-electron chi connectivity index (χ3n) is 2.31. The Morgan fingerprint density at radius 2 is 2.28 bits per heavy atom. The molecule has 0 atom stereocenters. The predicted molar refractivity (Wildman–Crippen MR) is 61.3 cm³/mol. The molecule has 2 heterocycles. The van der Waals surface area contributed by atoms with E-state index in [2.05, 4.69) is 20.0 Å². The molecule has 0 saturated heterocycles. The standard InChI is InChI=1S/C11H12N4O3/c1-17-10-8(4-3-5-12-10)6-15-7-9(13-14-15)11(16)18-2/h3-5,7H,6H2,1-2H3. The van der Waals surface area contributed by atoms with Crippen LogP contribution in [0.2, 0.25) is 0 Å². The van der Waals surface area contributed by atoms with E-state index in [1.165, 1.54) is 18.0 Å². The molecule has 2 aromatic heterocycles. The number of carbonyl (C=O) groups excluding carboxylic acids is 1. The van der Waals surface area contributed by atoms with E-state index in [-0.39, 0.29) is 5.69 Å². The predicted octanol–water partition coefficient (Wildman–Crippen LogP) is 0.517. The zero-order valence-corrected chi connectivity index (χ0v) is 10.0. The number of methoxy groups -OCH3 is 2. The lowest BCUT2D eigenvalue weighted by molar-refractivity contribution is 0.0594. The number of aromatic nitrogens is 4. The van der Waals surface area contributed by atoms with Crippen LogP contribution in [0.1, 0.15) is 16.1 Å². The van der Waals surface area contributed by atoms with Crippen LogP contribution in [0, 0.1) is 0 Å². The second-order valence-corrected chi connectivity index (χ2v) is 3.46. The van der Waals surface area contributed by atoms with Crippen LogP contribution >= 0.6 is 0 Å². The van der Waals surface area contributed by atoms with Crippen LogP contribution < -0.4 is 4.74 Å². The van der Waals surface area contributed by atoms with Crippen LogP contribution in [0.3, 0.4) is 0 Å². The highest BCUT2D eigenvalue weighted by Crippen LogP contribution is 2.14. The van der Waals surface area contributed by atoms with Gasteiger partial charge in [-0.1, -0.05) is 11.3 Å². The van der Waals surface area contributed by atoms with Crippen LogP contribution in [0.15, 0.2) is 24.5 Å². The minimum atomic E-state index is -0.514. The fourth-order valence-corrected chi connectivity index (χ4v) is 1.48. The van der Waals surface area contributed by atoms with Gasteiger partial charge < -0.3 is 9.47 Å². The van der Waals surface area contributed by atoms with Crippen molar-refractivity contribution in [3.8, 4) is 5.88 Å². The zero-order chi connectivity index (χ0) is 13.0. The summed E-state index contributed by atoms with van der Waals surface area (Å²) in [6, 6.07) is 3.67. The molecule has 0 bridgehead atoms. The van der Waals surface area contributed by atoms with E-state index in [0.717, 1.165) is 5.56 Å². The van der Waals surface area contributed by atoms with Crippen molar-refractivity contribution in [1.29, 1.82) is 0 Å². The molecule has 0 N–H and O–H groups in total. The van der Waals surface area contributed by atoms with Crippen molar-refractivity contribution < 1.29 is 14.3 Å². The van der Waals surface area contributed by atoms with E-state index in [9.17, 15) is 4.79 Å². The molecular formula is C11H12N4O3. The molecule has 18 heavy (non-hydrogen) atoms. The molecule has 0 radical (unpaired) electrons. The van der Waals surface area contributed by atoms with Crippen LogP contribution in [0.25, 0.3) is 0 Å². The van der Waals surface area contributed by atoms with Gasteiger partial charge in [-0.25, -0.2) is 14.5 Å². The molecule has 2 rings (SSSR count). The Morgan fingerprint density at radius 3 is 3.00 bits per heavy atom. The summed E-state index contributed by atoms with van der Waals surface area (Å²) in [7, 11) is 2.85. The van der Waals surface area contributed by atoms with Gasteiger partial charge in [-0.05, 0) is 6.07 Å². The molecule has 2 aromatic rings. The van der Waals surface area contributed by atoms with Gasteiger partial charge in [0.25, 0.3) is 0 Å². The van der Waals surface area contributed by atoms with Crippen molar-refractivity contribution >= 4 is 5.97 Å². The SMILES string of the molecule is COC(=O)c1cn(Cc2cccnc2OC)nn1. The van der Waals surface area contributed by atoms with Gasteiger partial charge in [0, 0.05) is 11.8 Å². The van der Waals surface area contributed by atoms with Crippen molar-refractivity contribution in [3.63, 3.8) is 0 Å². The monoisotopic (exact) mass is 248 g/mol. The molecule has 7 nitrogen and oxygen atoms in total. The number of nitrogens with zero attached hydrogens (tertiary/aromatic N) is 4. The lowest BCUT2D eigenvalue weighted by Gasteiger charge is -2.05. The summed E-state index contributed by atoms with van der Waals surface area (Å²) in [5.41, 5.74) is 1.02. The minimum absolute atomic E-state index is 0.167. The van der Waals surface area contributed by atoms with E-state index < -0.39 is 5.97 Å². The highest BCUT2D eigenvalue weighted by molar-refractivity contribution is 5.86. The number of hydrogen-bond donors (Lipinski definition) is 0. The molecule has 0 fully saturated rings. The summed E-state index contributed by atoms with van der Waals surface area (Å²) < 4.78 is 11.2. The molecule has 0 aliphatic heterocycles. The molecule has 0 amide bonds. The summed E-state index contributed by atoms with van der Waals surface area (Å²) in [6.07, 6.45) is 3.15. The summed E-state index contributed by atoms with van der Waals surface area (Å²) in [5.74, 6) is 0.00650. The smallest absolute Gasteiger partial charge is 0.360 e. The van der Waals surface area contributed by atoms with Gasteiger partial charge in [-0.15, -0.1) is 5.10 Å². The molecule has 0 aliphatic carbocycles. The summed E-state index contributed by atoms with van der Waals surface area (Å²) in [6.45, 7) is 0.418. The van der Waals surface area contributed by atoms with Gasteiger partial charge in [0.05, 0.1) is 27.0 Å². The van der Waals surface area contributed by atoms with Gasteiger partial charge in [-0.3, -0.25) is 0 Å². The highest BCUT2D eigenvalue weighted by atomic mass is 16.5. The molecule has 0 unspecified atom stereocenters. The average Bonchev–Trinajstić information content (AvgIpc) is 2.87. The highest BCUT2D eigenvalue weighted by Gasteiger charge is 2.11. The molecular weight excluding hydrogens is 236 g/mol. The molecule has 0 aromatic carbocycles. The lowest BCUT2D eigenvalue weighted by atomic mass is 10.3. The quantitative estimate of drug-likeness (QED) is 0.734. The Morgan fingerprint density at radius 1 is 1.44 bits per heavy atom. The molecule has 94 valence electrons. The Hall–Kier alpha value is -2.44.